The maximum Gasteiger partial charge on any atom is 0.0801 e. The first kappa shape index (κ1) is 16.8. The Hall–Kier alpha value is -0.0800. The average molecular weight is 309 g/mol. The van der Waals surface area contributed by atoms with E-state index < -0.39 is 12.2 Å². The Bertz CT molecular complexity index is 276. The smallest absolute Gasteiger partial charge is 0.0801 e. The van der Waals surface area contributed by atoms with Gasteiger partial charge in [-0.15, -0.1) is 0 Å². The normalized spacial score (nSPS) is 45.0. The van der Waals surface area contributed by atoms with Crippen molar-refractivity contribution >= 4 is 0 Å². The molecule has 0 saturated heterocycles. The van der Waals surface area contributed by atoms with Crippen LogP contribution in [0.4, 0.5) is 0 Å². The fourth-order valence-electron chi connectivity index (χ4n) is 5.37. The molecule has 6 aliphatic carbocycles. The van der Waals surface area contributed by atoms with E-state index in [0.717, 1.165) is 24.7 Å². The van der Waals surface area contributed by atoms with Crippen molar-refractivity contribution in [3.05, 3.63) is 0 Å². The van der Waals surface area contributed by atoms with Crippen molar-refractivity contribution in [1.82, 2.24) is 0 Å². The molecule has 2 atom stereocenters. The molecule has 2 unspecified atom stereocenters. The van der Waals surface area contributed by atoms with E-state index in [2.05, 4.69) is 0 Å². The van der Waals surface area contributed by atoms with E-state index in [4.69, 9.17) is 0 Å². The first-order chi connectivity index (χ1) is 10.7. The zero-order valence-electron chi connectivity index (χ0n) is 14.3. The molecule has 6 saturated carbocycles. The van der Waals surface area contributed by atoms with Crippen LogP contribution in [0.2, 0.25) is 0 Å². The Morgan fingerprint density at radius 2 is 0.727 bits per heavy atom. The summed E-state index contributed by atoms with van der Waals surface area (Å²) in [6, 6.07) is 0. The predicted molar refractivity (Wildman–Crippen MR) is 90.6 cm³/mol. The molecule has 2 N–H and O–H groups in total. The Morgan fingerprint density at radius 3 is 1.09 bits per heavy atom. The fourth-order valence-corrected chi connectivity index (χ4v) is 5.37. The third-order valence-corrected chi connectivity index (χ3v) is 7.00. The summed E-state index contributed by atoms with van der Waals surface area (Å²) in [6.45, 7) is 0. The van der Waals surface area contributed by atoms with Crippen LogP contribution in [0.3, 0.4) is 0 Å². The molecule has 0 aromatic rings. The van der Waals surface area contributed by atoms with Crippen LogP contribution in [0.15, 0.2) is 0 Å². The SMILES string of the molecule is OC1CC2CCC(CCCCC3CCC(CC3)CC1O)CC2. The molecule has 0 heterocycles. The molecule has 0 radical (unpaired) electrons. The highest BCUT2D eigenvalue weighted by atomic mass is 16.3. The van der Waals surface area contributed by atoms with Crippen LogP contribution in [0.5, 0.6) is 0 Å². The van der Waals surface area contributed by atoms with Gasteiger partial charge in [-0.25, -0.2) is 0 Å². The van der Waals surface area contributed by atoms with E-state index in [1.807, 2.05) is 0 Å². The van der Waals surface area contributed by atoms with Crippen molar-refractivity contribution in [3.8, 4) is 0 Å². The van der Waals surface area contributed by atoms with Gasteiger partial charge in [0.05, 0.1) is 12.2 Å². The molecule has 6 aliphatic rings. The Labute approximate surface area is 136 Å². The van der Waals surface area contributed by atoms with Gasteiger partial charge in [-0.2, -0.15) is 0 Å². The summed E-state index contributed by atoms with van der Waals surface area (Å²) in [5.41, 5.74) is 0. The molecular weight excluding hydrogens is 272 g/mol. The topological polar surface area (TPSA) is 40.5 Å². The lowest BCUT2D eigenvalue weighted by atomic mass is 9.74. The summed E-state index contributed by atoms with van der Waals surface area (Å²) < 4.78 is 0. The largest absolute Gasteiger partial charge is 0.390 e. The zero-order valence-corrected chi connectivity index (χ0v) is 14.3. The minimum Gasteiger partial charge on any atom is -0.390 e. The second-order valence-electron chi connectivity index (χ2n) is 8.66. The Kier molecular flexibility index (Phi) is 6.21. The average Bonchev–Trinajstić information content (AvgIpc) is 2.53. The lowest BCUT2D eigenvalue weighted by molar-refractivity contribution is -0.0165. The van der Waals surface area contributed by atoms with E-state index in [1.54, 1.807) is 0 Å². The van der Waals surface area contributed by atoms with Gasteiger partial charge in [-0.3, -0.25) is 0 Å². The highest BCUT2D eigenvalue weighted by molar-refractivity contribution is 4.81. The molecule has 0 amide bonds. The van der Waals surface area contributed by atoms with Crippen LogP contribution in [-0.2, 0) is 0 Å². The van der Waals surface area contributed by atoms with Gasteiger partial charge in [0.2, 0.25) is 0 Å². The number of rotatable bonds is 0. The zero-order chi connectivity index (χ0) is 15.4. The molecule has 0 spiro atoms. The van der Waals surface area contributed by atoms with Crippen LogP contribution in [0.1, 0.15) is 89.9 Å². The summed E-state index contributed by atoms with van der Waals surface area (Å²) in [6.07, 6.45) is 17.0. The van der Waals surface area contributed by atoms with E-state index in [0.29, 0.717) is 11.8 Å². The number of hydrogen-bond donors (Lipinski definition) is 2. The molecule has 22 heavy (non-hydrogen) atoms. The molecular formula is C20H36O2. The Morgan fingerprint density at radius 1 is 0.409 bits per heavy atom. The molecule has 6 fully saturated rings. The summed E-state index contributed by atoms with van der Waals surface area (Å²) in [5.74, 6) is 3.21. The van der Waals surface area contributed by atoms with Crippen molar-refractivity contribution in [2.75, 3.05) is 0 Å². The van der Waals surface area contributed by atoms with Gasteiger partial charge in [-0.05, 0) is 36.5 Å². The molecule has 128 valence electrons. The van der Waals surface area contributed by atoms with E-state index in [9.17, 15) is 10.2 Å². The van der Waals surface area contributed by atoms with Crippen molar-refractivity contribution < 1.29 is 10.2 Å². The molecule has 2 heteroatoms. The van der Waals surface area contributed by atoms with Crippen LogP contribution < -0.4 is 0 Å². The summed E-state index contributed by atoms with van der Waals surface area (Å²) in [5, 5.41) is 20.8. The number of aliphatic hydroxyl groups excluding tert-OH is 2. The van der Waals surface area contributed by atoms with Crippen LogP contribution in [0, 0.1) is 23.7 Å². The van der Waals surface area contributed by atoms with Crippen molar-refractivity contribution in [2.24, 2.45) is 23.7 Å². The van der Waals surface area contributed by atoms with Crippen molar-refractivity contribution in [2.45, 2.75) is 102 Å². The maximum atomic E-state index is 10.4. The minimum absolute atomic E-state index is 0.479. The van der Waals surface area contributed by atoms with Gasteiger partial charge in [0, 0.05) is 0 Å². The molecule has 6 rings (SSSR count). The van der Waals surface area contributed by atoms with Gasteiger partial charge >= 0.3 is 0 Å². The standard InChI is InChI=1S/C20H36O2/c21-19-13-17-9-5-15(6-10-17)3-1-2-4-16-7-11-18(12-8-16)14-20(19)22/h15-22H,1-14H2. The molecule has 2 nitrogen and oxygen atoms in total. The highest BCUT2D eigenvalue weighted by Crippen LogP contribution is 2.38. The number of hydrogen-bond acceptors (Lipinski definition) is 2. The first-order valence-electron chi connectivity index (χ1n) is 10.1. The molecule has 0 aliphatic heterocycles. The Balaban J connectivity index is 1.58. The van der Waals surface area contributed by atoms with Crippen molar-refractivity contribution in [1.29, 1.82) is 0 Å². The second-order valence-corrected chi connectivity index (χ2v) is 8.66. The maximum absolute atomic E-state index is 10.4. The van der Waals surface area contributed by atoms with E-state index in [1.165, 1.54) is 77.0 Å². The van der Waals surface area contributed by atoms with Crippen LogP contribution in [0.25, 0.3) is 0 Å². The summed E-state index contributed by atoms with van der Waals surface area (Å²) in [4.78, 5) is 0. The van der Waals surface area contributed by atoms with Gasteiger partial charge in [0.15, 0.2) is 0 Å². The third-order valence-electron chi connectivity index (χ3n) is 7.00. The lowest BCUT2D eigenvalue weighted by Gasteiger charge is -2.34. The quantitative estimate of drug-likeness (QED) is 0.682. The summed E-state index contributed by atoms with van der Waals surface area (Å²) in [7, 11) is 0. The lowest BCUT2D eigenvalue weighted by Crippen LogP contribution is -2.32. The predicted octanol–water partition coefficient (Wildman–Crippen LogP) is 4.68. The fraction of sp³-hybridized carbons (Fsp3) is 1.00. The van der Waals surface area contributed by atoms with Crippen LogP contribution in [-0.4, -0.2) is 22.4 Å². The molecule has 0 aromatic carbocycles. The second kappa shape index (κ2) is 8.15. The molecule has 0 aromatic heterocycles. The van der Waals surface area contributed by atoms with Crippen LogP contribution >= 0.6 is 0 Å². The van der Waals surface area contributed by atoms with Gasteiger partial charge in [0.1, 0.15) is 0 Å². The first-order valence-corrected chi connectivity index (χ1v) is 10.1. The monoisotopic (exact) mass is 308 g/mol. The minimum atomic E-state index is -0.479. The van der Waals surface area contributed by atoms with E-state index >= 15 is 0 Å². The van der Waals surface area contributed by atoms with Gasteiger partial charge in [-0.1, -0.05) is 77.0 Å². The van der Waals surface area contributed by atoms with Gasteiger partial charge in [0.25, 0.3) is 0 Å². The highest BCUT2D eigenvalue weighted by Gasteiger charge is 2.29. The van der Waals surface area contributed by atoms with Gasteiger partial charge < -0.3 is 10.2 Å². The molecule has 4 bridgehead atoms. The van der Waals surface area contributed by atoms with Crippen molar-refractivity contribution in [3.63, 3.8) is 0 Å². The number of aliphatic hydroxyl groups is 2. The van der Waals surface area contributed by atoms with E-state index in [-0.39, 0.29) is 0 Å². The summed E-state index contributed by atoms with van der Waals surface area (Å²) >= 11 is 0. The third kappa shape index (κ3) is 4.71.